The molecule has 0 saturated carbocycles. The highest BCUT2D eigenvalue weighted by Crippen LogP contribution is 2.42. The molecule has 0 aliphatic heterocycles. The second kappa shape index (κ2) is 5.57. The molecule has 0 bridgehead atoms. The van der Waals surface area contributed by atoms with Crippen molar-refractivity contribution in [2.45, 2.75) is 6.92 Å². The first kappa shape index (κ1) is 13.8. The Hall–Kier alpha value is -2.61. The highest BCUT2D eigenvalue weighted by atomic mass is 16.6. The summed E-state index contributed by atoms with van der Waals surface area (Å²) in [4.78, 5) is 0. The third kappa shape index (κ3) is 2.16. The first-order chi connectivity index (χ1) is 9.65. The van der Waals surface area contributed by atoms with Crippen molar-refractivity contribution in [2.24, 2.45) is 0 Å². The highest BCUT2D eigenvalue weighted by molar-refractivity contribution is 6.01. The minimum absolute atomic E-state index is 0.203. The zero-order chi connectivity index (χ0) is 14.7. The molecule has 0 amide bonds. The van der Waals surface area contributed by atoms with Gasteiger partial charge in [-0.3, -0.25) is 0 Å². The van der Waals surface area contributed by atoms with Crippen LogP contribution < -0.4 is 9.47 Å². The molecule has 104 valence electrons. The number of hydrogen-bond donors (Lipinski definition) is 1. The normalized spacial score (nSPS) is 15.0. The lowest BCUT2D eigenvalue weighted by Crippen LogP contribution is -1.97. The topological polar surface area (TPSA) is 71.7 Å². The quantitative estimate of drug-likeness (QED) is 0.854. The standard InChI is InChI=1S/C15H15NO4/c1-4-20-15(17)12-5-9(8-16)10-6-13(18-2)14(19-3)7-11(10)12/h5-7,17H,4H2,1-3H3. The molecule has 5 heteroatoms. The van der Waals surface area contributed by atoms with Crippen LogP contribution in [0.2, 0.25) is 0 Å². The first-order valence-corrected chi connectivity index (χ1v) is 6.10. The molecule has 2 rings (SSSR count). The second-order valence-electron chi connectivity index (χ2n) is 4.07. The molecule has 0 unspecified atom stereocenters. The summed E-state index contributed by atoms with van der Waals surface area (Å²) in [7, 11) is 3.06. The Kier molecular flexibility index (Phi) is 3.85. The van der Waals surface area contributed by atoms with Crippen LogP contribution >= 0.6 is 0 Å². The Bertz CT molecular complexity index is 638. The third-order valence-corrected chi connectivity index (χ3v) is 3.02. The van der Waals surface area contributed by atoms with E-state index in [1.54, 1.807) is 25.1 Å². The summed E-state index contributed by atoms with van der Waals surface area (Å²) in [6, 6.07) is 5.54. The Balaban J connectivity index is 2.66. The number of benzene rings is 1. The SMILES string of the molecule is CCOC(O)=C1C=C(C#N)c2cc(OC)c(OC)cc21. The van der Waals surface area contributed by atoms with Crippen molar-refractivity contribution in [2.75, 3.05) is 20.8 Å². The van der Waals surface area contributed by atoms with Crippen LogP contribution in [0.3, 0.4) is 0 Å². The monoisotopic (exact) mass is 273 g/mol. The number of nitrogens with zero attached hydrogens (tertiary/aromatic N) is 1. The van der Waals surface area contributed by atoms with Gasteiger partial charge in [-0.1, -0.05) is 0 Å². The van der Waals surface area contributed by atoms with E-state index < -0.39 is 0 Å². The van der Waals surface area contributed by atoms with E-state index in [4.69, 9.17) is 14.2 Å². The van der Waals surface area contributed by atoms with Gasteiger partial charge in [0, 0.05) is 11.1 Å². The van der Waals surface area contributed by atoms with Gasteiger partial charge in [-0.05, 0) is 25.1 Å². The van der Waals surface area contributed by atoms with E-state index in [9.17, 15) is 10.4 Å². The summed E-state index contributed by atoms with van der Waals surface area (Å²) < 4.78 is 15.6. The van der Waals surface area contributed by atoms with Gasteiger partial charge in [0.05, 0.1) is 38.0 Å². The molecule has 0 spiro atoms. The van der Waals surface area contributed by atoms with Gasteiger partial charge in [0.1, 0.15) is 0 Å². The van der Waals surface area contributed by atoms with E-state index in [1.807, 2.05) is 0 Å². The number of nitriles is 1. The first-order valence-electron chi connectivity index (χ1n) is 6.10. The summed E-state index contributed by atoms with van der Waals surface area (Å²) >= 11 is 0. The lowest BCUT2D eigenvalue weighted by Gasteiger charge is -2.11. The van der Waals surface area contributed by atoms with Gasteiger partial charge in [0.15, 0.2) is 11.5 Å². The molecule has 0 aromatic heterocycles. The molecule has 20 heavy (non-hydrogen) atoms. The molecule has 1 aromatic rings. The molecule has 5 nitrogen and oxygen atoms in total. The van der Waals surface area contributed by atoms with Crippen molar-refractivity contribution in [3.05, 3.63) is 35.3 Å². The zero-order valence-corrected chi connectivity index (χ0v) is 11.6. The van der Waals surface area contributed by atoms with Crippen molar-refractivity contribution in [1.82, 2.24) is 0 Å². The maximum atomic E-state index is 9.93. The van der Waals surface area contributed by atoms with Crippen molar-refractivity contribution in [3.63, 3.8) is 0 Å². The van der Waals surface area contributed by atoms with E-state index in [1.165, 1.54) is 14.2 Å². The van der Waals surface area contributed by atoms with Crippen molar-refractivity contribution in [3.8, 4) is 17.6 Å². The van der Waals surface area contributed by atoms with E-state index in [2.05, 4.69) is 6.07 Å². The lowest BCUT2D eigenvalue weighted by atomic mass is 10.0. The minimum Gasteiger partial charge on any atom is -0.493 e. The van der Waals surface area contributed by atoms with Gasteiger partial charge < -0.3 is 19.3 Å². The van der Waals surface area contributed by atoms with Crippen LogP contribution in [0.5, 0.6) is 11.5 Å². The number of allylic oxidation sites excluding steroid dienone is 3. The van der Waals surface area contributed by atoms with Crippen LogP contribution in [0.4, 0.5) is 0 Å². The molecule has 1 N–H and O–H groups in total. The van der Waals surface area contributed by atoms with E-state index in [-0.39, 0.29) is 5.95 Å². The fourth-order valence-electron chi connectivity index (χ4n) is 2.11. The molecule has 1 aliphatic rings. The number of aliphatic hydroxyl groups is 1. The fraction of sp³-hybridized carbons (Fsp3) is 0.267. The molecule has 1 aliphatic carbocycles. The molecule has 0 atom stereocenters. The van der Waals surface area contributed by atoms with Crippen molar-refractivity contribution >= 4 is 11.1 Å². The molecule has 0 saturated heterocycles. The second-order valence-corrected chi connectivity index (χ2v) is 4.07. The van der Waals surface area contributed by atoms with Crippen molar-refractivity contribution < 1.29 is 19.3 Å². The average Bonchev–Trinajstić information content (AvgIpc) is 2.83. The van der Waals surface area contributed by atoms with Gasteiger partial charge >= 0.3 is 0 Å². The average molecular weight is 273 g/mol. The van der Waals surface area contributed by atoms with Gasteiger partial charge in [0.25, 0.3) is 5.95 Å². The fourth-order valence-corrected chi connectivity index (χ4v) is 2.11. The molecular weight excluding hydrogens is 258 g/mol. The zero-order valence-electron chi connectivity index (χ0n) is 11.6. The molecule has 0 radical (unpaired) electrons. The number of aliphatic hydroxyl groups excluding tert-OH is 1. The Morgan fingerprint density at radius 1 is 1.20 bits per heavy atom. The van der Waals surface area contributed by atoms with E-state index in [0.717, 1.165) is 0 Å². The van der Waals surface area contributed by atoms with Gasteiger partial charge in [-0.25, -0.2) is 0 Å². The number of rotatable bonds is 4. The molecule has 1 aromatic carbocycles. The molecular formula is C15H15NO4. The van der Waals surface area contributed by atoms with Crippen LogP contribution in [-0.2, 0) is 4.74 Å². The van der Waals surface area contributed by atoms with E-state index in [0.29, 0.717) is 40.4 Å². The Labute approximate surface area is 117 Å². The van der Waals surface area contributed by atoms with Crippen LogP contribution in [-0.4, -0.2) is 25.9 Å². The maximum Gasteiger partial charge on any atom is 0.284 e. The third-order valence-electron chi connectivity index (χ3n) is 3.02. The largest absolute Gasteiger partial charge is 0.493 e. The maximum absolute atomic E-state index is 9.93. The lowest BCUT2D eigenvalue weighted by molar-refractivity contribution is 0.105. The summed E-state index contributed by atoms with van der Waals surface area (Å²) in [5.74, 6) is 0.858. The Morgan fingerprint density at radius 2 is 1.80 bits per heavy atom. The van der Waals surface area contributed by atoms with Crippen LogP contribution in [0, 0.1) is 11.3 Å². The number of methoxy groups -OCH3 is 2. The Morgan fingerprint density at radius 3 is 2.30 bits per heavy atom. The van der Waals surface area contributed by atoms with Crippen LogP contribution in [0.25, 0.3) is 11.1 Å². The van der Waals surface area contributed by atoms with E-state index >= 15 is 0 Å². The smallest absolute Gasteiger partial charge is 0.284 e. The van der Waals surface area contributed by atoms with Crippen molar-refractivity contribution in [1.29, 1.82) is 5.26 Å². The van der Waals surface area contributed by atoms with Crippen LogP contribution in [0.1, 0.15) is 18.1 Å². The summed E-state index contributed by atoms with van der Waals surface area (Å²) in [5.41, 5.74) is 2.29. The summed E-state index contributed by atoms with van der Waals surface area (Å²) in [5, 5.41) is 19.1. The van der Waals surface area contributed by atoms with Gasteiger partial charge in [0.2, 0.25) is 0 Å². The number of ether oxygens (including phenoxy) is 3. The highest BCUT2D eigenvalue weighted by Gasteiger charge is 2.25. The molecule has 0 fully saturated rings. The molecule has 0 heterocycles. The predicted octanol–water partition coefficient (Wildman–Crippen LogP) is 2.89. The number of fused-ring (bicyclic) bond motifs is 1. The minimum atomic E-state index is -0.203. The van der Waals surface area contributed by atoms with Crippen LogP contribution in [0.15, 0.2) is 24.2 Å². The predicted molar refractivity (Wildman–Crippen MR) is 74.3 cm³/mol. The summed E-state index contributed by atoms with van der Waals surface area (Å²) in [6.07, 6.45) is 1.59. The van der Waals surface area contributed by atoms with Gasteiger partial charge in [-0.2, -0.15) is 5.26 Å². The van der Waals surface area contributed by atoms with Gasteiger partial charge in [-0.15, -0.1) is 0 Å². The number of hydrogen-bond acceptors (Lipinski definition) is 5. The summed E-state index contributed by atoms with van der Waals surface area (Å²) in [6.45, 7) is 2.11.